The molecule has 2 amide bonds. The van der Waals surface area contributed by atoms with Crippen LogP contribution >= 0.6 is 0 Å². The number of hydrogen-bond acceptors (Lipinski definition) is 3. The summed E-state index contributed by atoms with van der Waals surface area (Å²) in [6, 6.07) is 8.57. The molecule has 10 heteroatoms. The van der Waals surface area contributed by atoms with Gasteiger partial charge < -0.3 is 15.3 Å². The van der Waals surface area contributed by atoms with Crippen molar-refractivity contribution in [2.24, 2.45) is 5.92 Å². The molecule has 2 aromatic rings. The second-order valence-corrected chi connectivity index (χ2v) is 10.6. The van der Waals surface area contributed by atoms with Crippen LogP contribution in [0.25, 0.3) is 5.57 Å². The van der Waals surface area contributed by atoms with Crippen molar-refractivity contribution < 1.29 is 36.6 Å². The number of aryl methyl sites for hydroxylation is 1. The van der Waals surface area contributed by atoms with Crippen molar-refractivity contribution in [2.75, 3.05) is 16.8 Å². The molecule has 1 fully saturated rings. The monoisotopic (exact) mass is 548 g/mol. The van der Waals surface area contributed by atoms with Crippen LogP contribution < -0.4 is 10.2 Å². The number of fused-ring (bicyclic) bond motifs is 2. The Bertz CT molecular complexity index is 1310. The Labute approximate surface area is 222 Å². The predicted octanol–water partition coefficient (Wildman–Crippen LogP) is 6.14. The molecule has 0 aromatic heterocycles. The maximum absolute atomic E-state index is 13.6. The first-order chi connectivity index (χ1) is 18.4. The molecule has 1 heterocycles. The summed E-state index contributed by atoms with van der Waals surface area (Å²) in [6.07, 6.45) is -2.78. The minimum Gasteiger partial charge on any atom is -0.393 e. The maximum Gasteiger partial charge on any atom is 0.416 e. The molecule has 3 aliphatic rings. The van der Waals surface area contributed by atoms with Gasteiger partial charge in [0, 0.05) is 49.1 Å². The zero-order valence-corrected chi connectivity index (χ0v) is 21.2. The normalized spacial score (nSPS) is 22.3. The van der Waals surface area contributed by atoms with Crippen molar-refractivity contribution >= 4 is 28.8 Å². The minimum atomic E-state index is -4.65. The second-order valence-electron chi connectivity index (χ2n) is 10.6. The minimum absolute atomic E-state index is 0.0256. The molecule has 0 bridgehead atoms. The van der Waals surface area contributed by atoms with Crippen LogP contribution in [0.1, 0.15) is 60.8 Å². The van der Waals surface area contributed by atoms with Crippen LogP contribution in [0.2, 0.25) is 0 Å². The topological polar surface area (TPSA) is 69.6 Å². The van der Waals surface area contributed by atoms with Gasteiger partial charge in [-0.2, -0.15) is 13.2 Å². The summed E-state index contributed by atoms with van der Waals surface area (Å²) in [5.74, 6) is -4.47. The van der Waals surface area contributed by atoms with Crippen LogP contribution in [-0.2, 0) is 28.6 Å². The van der Waals surface area contributed by atoms with Crippen LogP contribution in [0.5, 0.6) is 0 Å². The molecule has 0 spiro atoms. The number of hydrogen-bond donors (Lipinski definition) is 2. The number of amides is 2. The van der Waals surface area contributed by atoms with Gasteiger partial charge in [0.15, 0.2) is 0 Å². The Morgan fingerprint density at radius 1 is 1.05 bits per heavy atom. The number of carbonyl (C=O) groups excluding carboxylic acids is 2. The van der Waals surface area contributed by atoms with E-state index in [2.05, 4.69) is 5.32 Å². The number of anilines is 2. The number of benzene rings is 2. The van der Waals surface area contributed by atoms with E-state index in [-0.39, 0.29) is 31.5 Å². The molecule has 2 aliphatic carbocycles. The first kappa shape index (κ1) is 27.3. The summed E-state index contributed by atoms with van der Waals surface area (Å²) in [5.41, 5.74) is 2.36. The number of aliphatic hydroxyl groups excluding tert-OH is 1. The molecule has 208 valence electrons. The van der Waals surface area contributed by atoms with Gasteiger partial charge >= 0.3 is 6.18 Å². The molecule has 1 saturated carbocycles. The molecule has 5 nitrogen and oxygen atoms in total. The standard InChI is InChI=1S/C29H29F5N2O3/c30-28(31)11-8-18(9-12-28)27(39)36-13-10-19(22-7-5-20(15-25(22)36)29(32,33)34)14-26(38)35-24-3-1-2-17-4-6-21(37)16-23(17)24/h1-3,5,7,14-15,18,21,37H,4,6,8-13,16H2,(H,35,38)/b19-14+. The third-order valence-corrected chi connectivity index (χ3v) is 7.92. The largest absolute Gasteiger partial charge is 0.416 e. The summed E-state index contributed by atoms with van der Waals surface area (Å²) < 4.78 is 68.0. The maximum atomic E-state index is 13.6. The molecule has 1 atom stereocenters. The van der Waals surface area contributed by atoms with Gasteiger partial charge in [-0.1, -0.05) is 18.2 Å². The number of aliphatic hydroxyl groups is 1. The number of alkyl halides is 5. The van der Waals surface area contributed by atoms with E-state index in [4.69, 9.17) is 0 Å². The van der Waals surface area contributed by atoms with Crippen molar-refractivity contribution in [1.82, 2.24) is 0 Å². The van der Waals surface area contributed by atoms with Crippen LogP contribution in [0.15, 0.2) is 42.5 Å². The summed E-state index contributed by atoms with van der Waals surface area (Å²) in [6.45, 7) is 0.0338. The van der Waals surface area contributed by atoms with E-state index < -0.39 is 54.3 Å². The van der Waals surface area contributed by atoms with Crippen LogP contribution in [0, 0.1) is 5.92 Å². The molecular formula is C29H29F5N2O3. The van der Waals surface area contributed by atoms with Crippen molar-refractivity contribution in [3.8, 4) is 0 Å². The molecule has 5 rings (SSSR count). The van der Waals surface area contributed by atoms with Gasteiger partial charge in [0.1, 0.15) is 0 Å². The van der Waals surface area contributed by atoms with Gasteiger partial charge in [0.2, 0.25) is 17.7 Å². The summed E-state index contributed by atoms with van der Waals surface area (Å²) in [7, 11) is 0. The van der Waals surface area contributed by atoms with Crippen LogP contribution in [-0.4, -0.2) is 35.5 Å². The van der Waals surface area contributed by atoms with E-state index in [1.165, 1.54) is 17.0 Å². The lowest BCUT2D eigenvalue weighted by molar-refractivity contribution is -0.137. The van der Waals surface area contributed by atoms with Crippen molar-refractivity contribution in [3.05, 3.63) is 64.7 Å². The van der Waals surface area contributed by atoms with E-state index in [0.717, 1.165) is 23.3 Å². The fourth-order valence-corrected chi connectivity index (χ4v) is 5.79. The summed E-state index contributed by atoms with van der Waals surface area (Å²) in [5, 5.41) is 12.9. The van der Waals surface area contributed by atoms with Gasteiger partial charge in [0.25, 0.3) is 0 Å². The smallest absolute Gasteiger partial charge is 0.393 e. The van der Waals surface area contributed by atoms with Gasteiger partial charge in [0.05, 0.1) is 17.4 Å². The SMILES string of the molecule is O=C(/C=C1\CCN(C(=O)C2CCC(F)(F)CC2)c2cc(C(F)(F)F)ccc21)Nc1cccc2c1CC(O)CC2. The molecule has 2 aromatic carbocycles. The molecule has 0 saturated heterocycles. The number of nitrogens with one attached hydrogen (secondary N) is 1. The van der Waals surface area contributed by atoms with Gasteiger partial charge in [-0.05, 0) is 67.0 Å². The van der Waals surface area contributed by atoms with E-state index in [1.807, 2.05) is 12.1 Å². The zero-order chi connectivity index (χ0) is 27.9. The summed E-state index contributed by atoms with van der Waals surface area (Å²) in [4.78, 5) is 27.6. The Hall–Kier alpha value is -3.27. The highest BCUT2D eigenvalue weighted by Crippen LogP contribution is 2.42. The van der Waals surface area contributed by atoms with Crippen molar-refractivity contribution in [2.45, 2.75) is 69.6 Å². The lowest BCUT2D eigenvalue weighted by atomic mass is 9.84. The van der Waals surface area contributed by atoms with E-state index >= 15 is 0 Å². The first-order valence-electron chi connectivity index (χ1n) is 13.1. The first-order valence-corrected chi connectivity index (χ1v) is 13.1. The average molecular weight is 549 g/mol. The lowest BCUT2D eigenvalue weighted by Gasteiger charge is -2.36. The van der Waals surface area contributed by atoms with Gasteiger partial charge in [-0.25, -0.2) is 8.78 Å². The zero-order valence-electron chi connectivity index (χ0n) is 21.2. The average Bonchev–Trinajstić information content (AvgIpc) is 2.88. The highest BCUT2D eigenvalue weighted by atomic mass is 19.4. The Morgan fingerprint density at radius 3 is 2.51 bits per heavy atom. The van der Waals surface area contributed by atoms with E-state index in [1.54, 1.807) is 6.07 Å². The van der Waals surface area contributed by atoms with E-state index in [0.29, 0.717) is 36.1 Å². The highest BCUT2D eigenvalue weighted by Gasteiger charge is 2.40. The quantitative estimate of drug-likeness (QED) is 0.358. The Balaban J connectivity index is 1.43. The Kier molecular flexibility index (Phi) is 7.26. The fraction of sp³-hybridized carbons (Fsp3) is 0.448. The number of carbonyl (C=O) groups is 2. The highest BCUT2D eigenvalue weighted by molar-refractivity contribution is 6.07. The van der Waals surface area contributed by atoms with Crippen LogP contribution in [0.4, 0.5) is 33.3 Å². The molecule has 0 radical (unpaired) electrons. The predicted molar refractivity (Wildman–Crippen MR) is 136 cm³/mol. The van der Waals surface area contributed by atoms with Crippen molar-refractivity contribution in [1.29, 1.82) is 0 Å². The third-order valence-electron chi connectivity index (χ3n) is 7.92. The number of nitrogens with zero attached hydrogens (tertiary/aromatic N) is 1. The van der Waals surface area contributed by atoms with Gasteiger partial charge in [-0.15, -0.1) is 0 Å². The molecule has 2 N–H and O–H groups in total. The summed E-state index contributed by atoms with van der Waals surface area (Å²) >= 11 is 0. The van der Waals surface area contributed by atoms with Crippen LogP contribution in [0.3, 0.4) is 0 Å². The molecule has 1 aliphatic heterocycles. The third kappa shape index (κ3) is 5.85. The van der Waals surface area contributed by atoms with Gasteiger partial charge in [-0.3, -0.25) is 9.59 Å². The number of rotatable bonds is 3. The molecular weight excluding hydrogens is 519 g/mol. The second kappa shape index (κ2) is 10.4. The molecule has 39 heavy (non-hydrogen) atoms. The Morgan fingerprint density at radius 2 is 1.79 bits per heavy atom. The van der Waals surface area contributed by atoms with Crippen molar-refractivity contribution in [3.63, 3.8) is 0 Å². The number of halogens is 5. The fourth-order valence-electron chi connectivity index (χ4n) is 5.79. The lowest BCUT2D eigenvalue weighted by Crippen LogP contribution is -2.42. The van der Waals surface area contributed by atoms with E-state index in [9.17, 15) is 36.6 Å². The molecule has 1 unspecified atom stereocenters.